The molecule has 0 aliphatic carbocycles. The van der Waals surface area contributed by atoms with E-state index >= 15 is 0 Å². The second-order valence-electron chi connectivity index (χ2n) is 7.55. The number of piperidine rings is 1. The van der Waals surface area contributed by atoms with E-state index in [1.54, 1.807) is 0 Å². The summed E-state index contributed by atoms with van der Waals surface area (Å²) in [6, 6.07) is 5.79. The van der Waals surface area contributed by atoms with Gasteiger partial charge in [0.15, 0.2) is 17.3 Å². The summed E-state index contributed by atoms with van der Waals surface area (Å²) in [6.45, 7) is 2.01. The SMILES string of the molecule is O=C(Cc1ccc2c(c1)OCO2)N1CCCCC1c1nnc2n1CCCC2. The van der Waals surface area contributed by atoms with Gasteiger partial charge in [-0.25, -0.2) is 0 Å². The van der Waals surface area contributed by atoms with Gasteiger partial charge in [0.2, 0.25) is 12.7 Å². The van der Waals surface area contributed by atoms with Gasteiger partial charge in [-0.1, -0.05) is 6.07 Å². The third-order valence-electron chi connectivity index (χ3n) is 5.80. The summed E-state index contributed by atoms with van der Waals surface area (Å²) in [5.41, 5.74) is 0.955. The Morgan fingerprint density at radius 3 is 2.93 bits per heavy atom. The smallest absolute Gasteiger partial charge is 0.231 e. The van der Waals surface area contributed by atoms with Crippen LogP contribution in [0, 0.1) is 0 Å². The minimum absolute atomic E-state index is 0.0413. The van der Waals surface area contributed by atoms with Gasteiger partial charge >= 0.3 is 0 Å². The van der Waals surface area contributed by atoms with E-state index in [-0.39, 0.29) is 18.7 Å². The number of hydrogen-bond acceptors (Lipinski definition) is 5. The molecule has 0 saturated carbocycles. The molecule has 142 valence electrons. The molecule has 5 rings (SSSR count). The van der Waals surface area contributed by atoms with E-state index in [0.717, 1.165) is 73.9 Å². The van der Waals surface area contributed by atoms with E-state index in [0.29, 0.717) is 6.42 Å². The molecule has 7 heteroatoms. The number of fused-ring (bicyclic) bond motifs is 2. The van der Waals surface area contributed by atoms with Gasteiger partial charge in [0.25, 0.3) is 0 Å². The zero-order chi connectivity index (χ0) is 18.2. The summed E-state index contributed by atoms with van der Waals surface area (Å²) < 4.78 is 13.0. The van der Waals surface area contributed by atoms with Crippen LogP contribution in [-0.4, -0.2) is 38.9 Å². The summed E-state index contributed by atoms with van der Waals surface area (Å²) in [7, 11) is 0. The van der Waals surface area contributed by atoms with Gasteiger partial charge in [-0.15, -0.1) is 10.2 Å². The molecule has 1 fully saturated rings. The van der Waals surface area contributed by atoms with Crippen LogP contribution in [0.5, 0.6) is 11.5 Å². The highest BCUT2D eigenvalue weighted by Crippen LogP contribution is 2.34. The van der Waals surface area contributed by atoms with Crippen molar-refractivity contribution in [2.75, 3.05) is 13.3 Å². The molecule has 0 bridgehead atoms. The molecule has 1 amide bonds. The Labute approximate surface area is 158 Å². The molecular weight excluding hydrogens is 344 g/mol. The third kappa shape index (κ3) is 3.05. The van der Waals surface area contributed by atoms with Gasteiger partial charge < -0.3 is 18.9 Å². The van der Waals surface area contributed by atoms with Crippen LogP contribution in [0.15, 0.2) is 18.2 Å². The van der Waals surface area contributed by atoms with Crippen molar-refractivity contribution in [1.82, 2.24) is 19.7 Å². The lowest BCUT2D eigenvalue weighted by molar-refractivity contribution is -0.134. The van der Waals surface area contributed by atoms with Crippen molar-refractivity contribution in [2.45, 2.75) is 57.5 Å². The van der Waals surface area contributed by atoms with E-state index < -0.39 is 0 Å². The molecule has 7 nitrogen and oxygen atoms in total. The number of amides is 1. The van der Waals surface area contributed by atoms with E-state index in [2.05, 4.69) is 14.8 Å². The highest BCUT2D eigenvalue weighted by molar-refractivity contribution is 5.79. The topological polar surface area (TPSA) is 69.5 Å². The molecule has 2 aromatic rings. The summed E-state index contributed by atoms with van der Waals surface area (Å²) in [5, 5.41) is 8.88. The molecule has 1 aromatic carbocycles. The maximum Gasteiger partial charge on any atom is 0.231 e. The fourth-order valence-corrected chi connectivity index (χ4v) is 4.40. The Morgan fingerprint density at radius 2 is 1.96 bits per heavy atom. The van der Waals surface area contributed by atoms with E-state index in [1.165, 1.54) is 6.42 Å². The average molecular weight is 368 g/mol. The Balaban J connectivity index is 1.37. The first-order valence-corrected chi connectivity index (χ1v) is 9.89. The lowest BCUT2D eigenvalue weighted by atomic mass is 9.99. The zero-order valence-corrected chi connectivity index (χ0v) is 15.4. The number of rotatable bonds is 3. The summed E-state index contributed by atoms with van der Waals surface area (Å²) in [4.78, 5) is 15.2. The number of hydrogen-bond donors (Lipinski definition) is 0. The van der Waals surface area contributed by atoms with Crippen LogP contribution in [0.2, 0.25) is 0 Å². The van der Waals surface area contributed by atoms with Gasteiger partial charge in [0, 0.05) is 19.5 Å². The number of aromatic nitrogens is 3. The normalized spacial score (nSPS) is 21.2. The molecule has 0 spiro atoms. The maximum atomic E-state index is 13.1. The predicted molar refractivity (Wildman–Crippen MR) is 97.5 cm³/mol. The van der Waals surface area contributed by atoms with Crippen molar-refractivity contribution in [3.8, 4) is 11.5 Å². The number of aryl methyl sites for hydroxylation is 1. The van der Waals surface area contributed by atoms with Crippen LogP contribution in [0.4, 0.5) is 0 Å². The Kier molecular flexibility index (Phi) is 4.22. The molecule has 0 N–H and O–H groups in total. The predicted octanol–water partition coefficient (Wildman–Crippen LogP) is 2.64. The van der Waals surface area contributed by atoms with Gasteiger partial charge in [-0.3, -0.25) is 4.79 Å². The summed E-state index contributed by atoms with van der Waals surface area (Å²) in [5.74, 6) is 3.67. The second-order valence-corrected chi connectivity index (χ2v) is 7.55. The van der Waals surface area contributed by atoms with Crippen LogP contribution in [0.3, 0.4) is 0 Å². The largest absolute Gasteiger partial charge is 0.454 e. The van der Waals surface area contributed by atoms with Crippen LogP contribution in [0.25, 0.3) is 0 Å². The number of carbonyl (C=O) groups is 1. The van der Waals surface area contributed by atoms with Crippen LogP contribution >= 0.6 is 0 Å². The molecule has 27 heavy (non-hydrogen) atoms. The Bertz CT molecular complexity index is 863. The quantitative estimate of drug-likeness (QED) is 0.833. The Hall–Kier alpha value is -2.57. The number of carbonyl (C=O) groups excluding carboxylic acids is 1. The van der Waals surface area contributed by atoms with Gasteiger partial charge in [-0.05, 0) is 49.8 Å². The van der Waals surface area contributed by atoms with Gasteiger partial charge in [-0.2, -0.15) is 0 Å². The lowest BCUT2D eigenvalue weighted by Gasteiger charge is -2.35. The first-order chi connectivity index (χ1) is 13.3. The molecule has 1 atom stereocenters. The van der Waals surface area contributed by atoms with Gasteiger partial charge in [0.05, 0.1) is 12.5 Å². The fourth-order valence-electron chi connectivity index (χ4n) is 4.40. The van der Waals surface area contributed by atoms with Crippen molar-refractivity contribution in [3.63, 3.8) is 0 Å². The second kappa shape index (κ2) is 6.87. The highest BCUT2D eigenvalue weighted by atomic mass is 16.7. The minimum Gasteiger partial charge on any atom is -0.454 e. The van der Waals surface area contributed by atoms with Crippen LogP contribution in [0.1, 0.15) is 55.4 Å². The maximum absolute atomic E-state index is 13.1. The molecule has 1 saturated heterocycles. The molecule has 1 unspecified atom stereocenters. The number of benzene rings is 1. The molecule has 3 aliphatic heterocycles. The summed E-state index contributed by atoms with van der Waals surface area (Å²) >= 11 is 0. The summed E-state index contributed by atoms with van der Waals surface area (Å²) in [6.07, 6.45) is 6.83. The van der Waals surface area contributed by atoms with E-state index in [4.69, 9.17) is 9.47 Å². The first-order valence-electron chi connectivity index (χ1n) is 9.89. The van der Waals surface area contributed by atoms with Crippen LogP contribution < -0.4 is 9.47 Å². The third-order valence-corrected chi connectivity index (χ3v) is 5.80. The van der Waals surface area contributed by atoms with Crippen molar-refractivity contribution in [2.24, 2.45) is 0 Å². The van der Waals surface area contributed by atoms with E-state index in [1.807, 2.05) is 23.1 Å². The Morgan fingerprint density at radius 1 is 1.07 bits per heavy atom. The lowest BCUT2D eigenvalue weighted by Crippen LogP contribution is -2.40. The van der Waals surface area contributed by atoms with E-state index in [9.17, 15) is 4.79 Å². The zero-order valence-electron chi connectivity index (χ0n) is 15.4. The molecule has 4 heterocycles. The molecule has 3 aliphatic rings. The van der Waals surface area contributed by atoms with Crippen molar-refractivity contribution in [1.29, 1.82) is 0 Å². The van der Waals surface area contributed by atoms with Crippen molar-refractivity contribution in [3.05, 3.63) is 35.4 Å². The highest BCUT2D eigenvalue weighted by Gasteiger charge is 2.33. The number of ether oxygens (including phenoxy) is 2. The molecular formula is C20H24N4O3. The minimum atomic E-state index is 0.0413. The standard InChI is InChI=1S/C20H24N4O3/c25-19(12-14-7-8-16-17(11-14)27-13-26-16)23-9-3-1-5-15(23)20-22-21-18-6-2-4-10-24(18)20/h7-8,11,15H,1-6,9-10,12-13H2. The fraction of sp³-hybridized carbons (Fsp3) is 0.550. The number of likely N-dealkylation sites (tertiary alicyclic amines) is 1. The van der Waals surface area contributed by atoms with Crippen molar-refractivity contribution >= 4 is 5.91 Å². The first kappa shape index (κ1) is 16.6. The monoisotopic (exact) mass is 368 g/mol. The van der Waals surface area contributed by atoms with Crippen molar-refractivity contribution < 1.29 is 14.3 Å². The molecule has 0 radical (unpaired) electrons. The van der Waals surface area contributed by atoms with Crippen LogP contribution in [-0.2, 0) is 24.2 Å². The average Bonchev–Trinajstić information content (AvgIpc) is 3.34. The number of nitrogens with zero attached hydrogens (tertiary/aromatic N) is 4. The van der Waals surface area contributed by atoms with Gasteiger partial charge in [0.1, 0.15) is 5.82 Å². The molecule has 1 aromatic heterocycles.